The third-order valence-electron chi connectivity index (χ3n) is 3.13. The van der Waals surface area contributed by atoms with Gasteiger partial charge in [0.25, 0.3) is 10.0 Å². The quantitative estimate of drug-likeness (QED) is 0.907. The van der Waals surface area contributed by atoms with Crippen LogP contribution in [0.5, 0.6) is 0 Å². The second-order valence-electron chi connectivity index (χ2n) is 4.55. The Balaban J connectivity index is 2.20. The maximum absolute atomic E-state index is 12.1. The Morgan fingerprint density at radius 1 is 1.35 bits per heavy atom. The van der Waals surface area contributed by atoms with E-state index in [1.165, 1.54) is 18.2 Å². The summed E-state index contributed by atoms with van der Waals surface area (Å²) in [5.74, 6) is 0.0729. The highest BCUT2D eigenvalue weighted by Gasteiger charge is 2.31. The zero-order chi connectivity index (χ0) is 14.9. The lowest BCUT2D eigenvalue weighted by atomic mass is 10.1. The van der Waals surface area contributed by atoms with E-state index in [2.05, 4.69) is 5.10 Å². The van der Waals surface area contributed by atoms with Crippen LogP contribution in [-0.4, -0.2) is 31.7 Å². The first-order chi connectivity index (χ1) is 9.33. The molecule has 6 nitrogen and oxygen atoms in total. The van der Waals surface area contributed by atoms with E-state index in [0.717, 1.165) is 5.01 Å². The number of carbonyl (C=O) groups excluding carboxylic acids is 1. The summed E-state index contributed by atoms with van der Waals surface area (Å²) in [7, 11) is -4.02. The summed E-state index contributed by atoms with van der Waals surface area (Å²) < 4.78 is 26.2. The zero-order valence-corrected chi connectivity index (χ0v) is 12.5. The SMILES string of the molecule is CC1C=NN(C(=O)NS(=O)(=O)c2ccccc2Cl)C1C. The number of rotatable bonds is 2. The molecule has 0 saturated carbocycles. The van der Waals surface area contributed by atoms with Crippen LogP contribution < -0.4 is 4.72 Å². The van der Waals surface area contributed by atoms with Gasteiger partial charge in [-0.25, -0.2) is 22.9 Å². The first-order valence-electron chi connectivity index (χ1n) is 5.97. The Morgan fingerprint density at radius 2 is 2.00 bits per heavy atom. The molecule has 1 aromatic carbocycles. The van der Waals surface area contributed by atoms with E-state index in [1.54, 1.807) is 19.2 Å². The van der Waals surface area contributed by atoms with E-state index >= 15 is 0 Å². The highest BCUT2D eigenvalue weighted by Crippen LogP contribution is 2.21. The molecule has 2 unspecified atom stereocenters. The Bertz CT molecular complexity index is 660. The Morgan fingerprint density at radius 3 is 2.55 bits per heavy atom. The average Bonchev–Trinajstić information content (AvgIpc) is 2.70. The van der Waals surface area contributed by atoms with Crippen LogP contribution in [0, 0.1) is 5.92 Å². The molecule has 0 aliphatic carbocycles. The van der Waals surface area contributed by atoms with E-state index in [4.69, 9.17) is 11.6 Å². The van der Waals surface area contributed by atoms with Crippen molar-refractivity contribution >= 4 is 33.9 Å². The number of hydrogen-bond donors (Lipinski definition) is 1. The molecular formula is C12H14ClN3O3S. The van der Waals surface area contributed by atoms with Crippen molar-refractivity contribution in [2.24, 2.45) is 11.0 Å². The van der Waals surface area contributed by atoms with Crippen LogP contribution in [0.2, 0.25) is 5.02 Å². The Hall–Kier alpha value is -1.60. The van der Waals surface area contributed by atoms with Crippen molar-refractivity contribution in [3.8, 4) is 0 Å². The number of urea groups is 1. The summed E-state index contributed by atoms with van der Waals surface area (Å²) >= 11 is 5.83. The number of nitrogens with zero attached hydrogens (tertiary/aromatic N) is 2. The van der Waals surface area contributed by atoms with Crippen LogP contribution in [0.15, 0.2) is 34.3 Å². The molecule has 1 heterocycles. The lowest BCUT2D eigenvalue weighted by Gasteiger charge is -2.20. The van der Waals surface area contributed by atoms with Gasteiger partial charge in [0.1, 0.15) is 4.90 Å². The van der Waals surface area contributed by atoms with E-state index in [1.807, 2.05) is 11.6 Å². The lowest BCUT2D eigenvalue weighted by molar-refractivity contribution is 0.189. The maximum Gasteiger partial charge on any atom is 0.351 e. The minimum atomic E-state index is -4.02. The molecule has 1 aliphatic rings. The van der Waals surface area contributed by atoms with Gasteiger partial charge in [0, 0.05) is 12.1 Å². The van der Waals surface area contributed by atoms with Crippen LogP contribution >= 0.6 is 11.6 Å². The number of amides is 2. The van der Waals surface area contributed by atoms with Crippen molar-refractivity contribution in [1.29, 1.82) is 0 Å². The molecule has 20 heavy (non-hydrogen) atoms. The minimum Gasteiger partial charge on any atom is -0.246 e. The van der Waals surface area contributed by atoms with Crippen LogP contribution in [0.3, 0.4) is 0 Å². The van der Waals surface area contributed by atoms with Crippen LogP contribution in [0.1, 0.15) is 13.8 Å². The van der Waals surface area contributed by atoms with Crippen molar-refractivity contribution in [2.45, 2.75) is 24.8 Å². The highest BCUT2D eigenvalue weighted by atomic mass is 35.5. The molecule has 0 radical (unpaired) electrons. The number of sulfonamides is 1. The predicted octanol–water partition coefficient (Wildman–Crippen LogP) is 2.06. The molecule has 0 spiro atoms. The second-order valence-corrected chi connectivity index (χ2v) is 6.61. The van der Waals surface area contributed by atoms with Gasteiger partial charge in [0.2, 0.25) is 0 Å². The summed E-state index contributed by atoms with van der Waals surface area (Å²) in [6.07, 6.45) is 1.60. The molecule has 1 aromatic rings. The van der Waals surface area contributed by atoms with Crippen molar-refractivity contribution in [1.82, 2.24) is 9.73 Å². The third kappa shape index (κ3) is 2.78. The van der Waals surface area contributed by atoms with Gasteiger partial charge in [-0.3, -0.25) is 0 Å². The zero-order valence-electron chi connectivity index (χ0n) is 10.9. The lowest BCUT2D eigenvalue weighted by Crippen LogP contribution is -2.43. The van der Waals surface area contributed by atoms with E-state index in [9.17, 15) is 13.2 Å². The van der Waals surface area contributed by atoms with E-state index in [0.29, 0.717) is 0 Å². The smallest absolute Gasteiger partial charge is 0.246 e. The molecule has 0 fully saturated rings. The fraction of sp³-hybridized carbons (Fsp3) is 0.333. The molecule has 1 aliphatic heterocycles. The average molecular weight is 316 g/mol. The van der Waals surface area contributed by atoms with Gasteiger partial charge in [0.15, 0.2) is 0 Å². The molecule has 0 saturated heterocycles. The van der Waals surface area contributed by atoms with Gasteiger partial charge in [-0.1, -0.05) is 30.7 Å². The molecule has 1 N–H and O–H groups in total. The predicted molar refractivity (Wildman–Crippen MR) is 76.1 cm³/mol. The number of carbonyl (C=O) groups is 1. The summed E-state index contributed by atoms with van der Waals surface area (Å²) in [6, 6.07) is 4.92. The molecule has 2 rings (SSSR count). The second kappa shape index (κ2) is 5.41. The molecule has 0 bridgehead atoms. The fourth-order valence-electron chi connectivity index (χ4n) is 1.75. The van der Waals surface area contributed by atoms with Crippen LogP contribution in [0.4, 0.5) is 4.79 Å². The number of hydrogen-bond acceptors (Lipinski definition) is 4. The molecule has 2 atom stereocenters. The van der Waals surface area contributed by atoms with Crippen molar-refractivity contribution in [3.63, 3.8) is 0 Å². The monoisotopic (exact) mass is 315 g/mol. The normalized spacial score (nSPS) is 22.1. The Kier molecular flexibility index (Phi) is 4.01. The first-order valence-corrected chi connectivity index (χ1v) is 7.83. The number of nitrogens with one attached hydrogen (secondary N) is 1. The summed E-state index contributed by atoms with van der Waals surface area (Å²) in [6.45, 7) is 3.68. The van der Waals surface area contributed by atoms with Gasteiger partial charge in [-0.15, -0.1) is 0 Å². The van der Waals surface area contributed by atoms with Gasteiger partial charge >= 0.3 is 6.03 Å². The van der Waals surface area contributed by atoms with E-state index < -0.39 is 16.1 Å². The van der Waals surface area contributed by atoms with Crippen molar-refractivity contribution < 1.29 is 13.2 Å². The highest BCUT2D eigenvalue weighted by molar-refractivity contribution is 7.90. The minimum absolute atomic E-state index is 0.0548. The molecule has 8 heteroatoms. The maximum atomic E-state index is 12.1. The number of benzene rings is 1. The number of hydrazone groups is 1. The van der Waals surface area contributed by atoms with Gasteiger partial charge in [0.05, 0.1) is 11.1 Å². The van der Waals surface area contributed by atoms with Gasteiger partial charge in [-0.2, -0.15) is 5.10 Å². The standard InChI is InChI=1S/C12H14ClN3O3S/c1-8-7-14-16(9(8)2)12(17)15-20(18,19)11-6-4-3-5-10(11)13/h3-9H,1-2H3,(H,15,17). The first kappa shape index (κ1) is 14.8. The third-order valence-corrected chi connectivity index (χ3v) is 4.95. The number of halogens is 1. The fourth-order valence-corrected chi connectivity index (χ4v) is 3.20. The summed E-state index contributed by atoms with van der Waals surface area (Å²) in [4.78, 5) is 11.8. The largest absolute Gasteiger partial charge is 0.351 e. The van der Waals surface area contributed by atoms with Gasteiger partial charge < -0.3 is 0 Å². The molecule has 0 aromatic heterocycles. The topological polar surface area (TPSA) is 78.8 Å². The summed E-state index contributed by atoms with van der Waals surface area (Å²) in [5.41, 5.74) is 0. The molecular weight excluding hydrogens is 302 g/mol. The molecule has 108 valence electrons. The summed E-state index contributed by atoms with van der Waals surface area (Å²) in [5, 5.41) is 5.06. The van der Waals surface area contributed by atoms with Crippen molar-refractivity contribution in [3.05, 3.63) is 29.3 Å². The van der Waals surface area contributed by atoms with Crippen LogP contribution in [0.25, 0.3) is 0 Å². The van der Waals surface area contributed by atoms with Crippen LogP contribution in [-0.2, 0) is 10.0 Å². The Labute approximate surface area is 122 Å². The molecule has 2 amide bonds. The van der Waals surface area contributed by atoms with Crippen molar-refractivity contribution in [2.75, 3.05) is 0 Å². The van der Waals surface area contributed by atoms with Gasteiger partial charge in [-0.05, 0) is 19.1 Å². The van der Waals surface area contributed by atoms with E-state index in [-0.39, 0.29) is 21.9 Å².